The molecule has 0 spiro atoms. The van der Waals surface area contributed by atoms with E-state index in [1.807, 2.05) is 36.4 Å². The lowest BCUT2D eigenvalue weighted by Gasteiger charge is -2.38. The van der Waals surface area contributed by atoms with E-state index in [4.69, 9.17) is 9.47 Å². The van der Waals surface area contributed by atoms with Gasteiger partial charge in [0.1, 0.15) is 5.75 Å². The van der Waals surface area contributed by atoms with Crippen LogP contribution in [0.3, 0.4) is 0 Å². The zero-order valence-corrected chi connectivity index (χ0v) is 28.1. The Kier molecular flexibility index (Phi) is 12.7. The first kappa shape index (κ1) is 34.3. The van der Waals surface area contributed by atoms with Crippen LogP contribution in [0.15, 0.2) is 78.9 Å². The number of carbonyl (C=O) groups excluding carboxylic acids is 2. The Bertz CT molecular complexity index is 1350. The molecule has 1 saturated heterocycles. The fraction of sp³-hybridized carbons (Fsp3) is 0.500. The van der Waals surface area contributed by atoms with Crippen LogP contribution in [-0.2, 0) is 27.9 Å². The van der Waals surface area contributed by atoms with Crippen molar-refractivity contribution in [1.82, 2.24) is 4.90 Å². The first-order valence-corrected chi connectivity index (χ1v) is 16.9. The van der Waals surface area contributed by atoms with Crippen LogP contribution in [0.25, 0.3) is 0 Å². The van der Waals surface area contributed by atoms with Gasteiger partial charge in [0.05, 0.1) is 19.8 Å². The lowest BCUT2D eigenvalue weighted by Crippen LogP contribution is -2.39. The van der Waals surface area contributed by atoms with Gasteiger partial charge in [0.2, 0.25) is 5.91 Å². The highest BCUT2D eigenvalue weighted by atomic mass is 16.5. The Morgan fingerprint density at radius 1 is 0.956 bits per heavy atom. The Balaban J connectivity index is 1.71. The van der Waals surface area contributed by atoms with E-state index < -0.39 is 0 Å². The van der Waals surface area contributed by atoms with Gasteiger partial charge in [-0.05, 0) is 90.7 Å². The second-order valence-corrected chi connectivity index (χ2v) is 13.2. The zero-order valence-electron chi connectivity index (χ0n) is 28.1. The summed E-state index contributed by atoms with van der Waals surface area (Å²) in [5.41, 5.74) is 4.14. The number of amides is 1. The third-order valence-corrected chi connectivity index (χ3v) is 10.1. The molecule has 0 N–H and O–H groups in total. The summed E-state index contributed by atoms with van der Waals surface area (Å²) in [6.45, 7) is 8.08. The van der Waals surface area contributed by atoms with E-state index in [1.165, 1.54) is 25.5 Å². The lowest BCUT2D eigenvalue weighted by molar-refractivity contribution is -0.137. The average molecular weight is 612 g/mol. The third-order valence-electron chi connectivity index (χ3n) is 10.1. The van der Waals surface area contributed by atoms with Crippen molar-refractivity contribution in [3.63, 3.8) is 0 Å². The summed E-state index contributed by atoms with van der Waals surface area (Å²) in [5.74, 6) is 1.22. The molecule has 1 heterocycles. The quantitative estimate of drug-likeness (QED) is 0.203. The summed E-state index contributed by atoms with van der Waals surface area (Å²) in [5, 5.41) is 0. The van der Waals surface area contributed by atoms with E-state index >= 15 is 0 Å². The topological polar surface area (TPSA) is 55.8 Å². The van der Waals surface area contributed by atoms with E-state index in [0.717, 1.165) is 61.9 Å². The van der Waals surface area contributed by atoms with Crippen LogP contribution in [0.1, 0.15) is 99.2 Å². The van der Waals surface area contributed by atoms with Gasteiger partial charge in [0.15, 0.2) is 0 Å². The third kappa shape index (κ3) is 8.99. The maximum Gasteiger partial charge on any atom is 0.338 e. The van der Waals surface area contributed by atoms with Gasteiger partial charge >= 0.3 is 5.97 Å². The van der Waals surface area contributed by atoms with Gasteiger partial charge in [-0.1, -0.05) is 101 Å². The summed E-state index contributed by atoms with van der Waals surface area (Å²) in [4.78, 5) is 29.2. The molecule has 0 bridgehead atoms. The predicted octanol–water partition coefficient (Wildman–Crippen LogP) is 9.03. The maximum absolute atomic E-state index is 14.4. The molecule has 0 saturated carbocycles. The first-order valence-electron chi connectivity index (χ1n) is 16.9. The molecule has 0 aliphatic carbocycles. The van der Waals surface area contributed by atoms with Crippen molar-refractivity contribution in [2.24, 2.45) is 17.8 Å². The zero-order chi connectivity index (χ0) is 32.2. The normalized spacial score (nSPS) is 21.9. The lowest BCUT2D eigenvalue weighted by atomic mass is 9.67. The highest BCUT2D eigenvalue weighted by Gasteiger charge is 2.36. The molecule has 3 unspecified atom stereocenters. The number of esters is 1. The van der Waals surface area contributed by atoms with Crippen LogP contribution in [0, 0.1) is 17.8 Å². The van der Waals surface area contributed by atoms with Crippen LogP contribution < -0.4 is 4.74 Å². The second-order valence-electron chi connectivity index (χ2n) is 13.2. The molecule has 1 fully saturated rings. The van der Waals surface area contributed by atoms with Crippen molar-refractivity contribution in [1.29, 1.82) is 0 Å². The first-order chi connectivity index (χ1) is 21.8. The van der Waals surface area contributed by atoms with Crippen molar-refractivity contribution >= 4 is 11.9 Å². The van der Waals surface area contributed by atoms with Crippen LogP contribution >= 0.6 is 0 Å². The van der Waals surface area contributed by atoms with E-state index in [2.05, 4.69) is 68.1 Å². The molecule has 1 amide bonds. The number of nitrogens with zero attached hydrogens (tertiary/aromatic N) is 1. The van der Waals surface area contributed by atoms with E-state index in [-0.39, 0.29) is 29.1 Å². The molecule has 0 radical (unpaired) electrons. The fourth-order valence-electron chi connectivity index (χ4n) is 7.63. The van der Waals surface area contributed by atoms with Gasteiger partial charge in [0.25, 0.3) is 0 Å². The number of carbonyl (C=O) groups is 2. The van der Waals surface area contributed by atoms with E-state index in [0.29, 0.717) is 24.4 Å². The molecule has 1 aliphatic rings. The Labute approximate surface area is 271 Å². The number of hydrogen-bond donors (Lipinski definition) is 0. The largest absolute Gasteiger partial charge is 0.497 e. The second kappa shape index (κ2) is 16.6. The maximum atomic E-state index is 14.4. The SMILES string of the molecule is CCCC(C)C[C@]1(c2ccccc2)CCCC(Cc2ccccc2C(=O)OC)C(C)C(=O)N(Cc2ccc(OC)cc2)CCC1. The highest BCUT2D eigenvalue weighted by Crippen LogP contribution is 2.43. The standard InChI is InChI=1S/C40H53NO4/c1-6-14-30(2)28-40(35-17-8-7-9-18-35)24-12-16-33(27-34-15-10-11-19-37(34)39(43)45-5)31(3)38(42)41(26-13-25-40)29-32-20-22-36(44-4)23-21-32/h7-11,15,17-23,30-31,33H,6,12-14,16,24-29H2,1-5H3/t30?,31?,33?,40-/m0/s1. The molecule has 5 heteroatoms. The molecule has 242 valence electrons. The highest BCUT2D eigenvalue weighted by molar-refractivity contribution is 5.91. The molecule has 1 aliphatic heterocycles. The molecule has 4 rings (SSSR count). The van der Waals surface area contributed by atoms with Gasteiger partial charge in [-0.25, -0.2) is 4.79 Å². The monoisotopic (exact) mass is 611 g/mol. The number of hydrogen-bond acceptors (Lipinski definition) is 4. The molecule has 0 aromatic heterocycles. The Morgan fingerprint density at radius 2 is 1.64 bits per heavy atom. The van der Waals surface area contributed by atoms with E-state index in [9.17, 15) is 9.59 Å². The van der Waals surface area contributed by atoms with Crippen LogP contribution in [-0.4, -0.2) is 37.5 Å². The minimum Gasteiger partial charge on any atom is -0.497 e. The Hall–Kier alpha value is -3.60. The van der Waals surface area contributed by atoms with Crippen molar-refractivity contribution in [3.8, 4) is 5.75 Å². The smallest absolute Gasteiger partial charge is 0.338 e. The minimum absolute atomic E-state index is 0.0622. The summed E-state index contributed by atoms with van der Waals surface area (Å²) >= 11 is 0. The van der Waals surface area contributed by atoms with Gasteiger partial charge in [0, 0.05) is 19.0 Å². The summed E-state index contributed by atoms with van der Waals surface area (Å²) < 4.78 is 10.5. The number of rotatable bonds is 11. The summed E-state index contributed by atoms with van der Waals surface area (Å²) in [6, 6.07) is 26.9. The van der Waals surface area contributed by atoms with Crippen molar-refractivity contribution in [2.75, 3.05) is 20.8 Å². The Morgan fingerprint density at radius 3 is 2.33 bits per heavy atom. The molecule has 3 aromatic carbocycles. The summed E-state index contributed by atoms with van der Waals surface area (Å²) in [7, 11) is 3.10. The number of ether oxygens (including phenoxy) is 2. The van der Waals surface area contributed by atoms with Crippen molar-refractivity contribution in [3.05, 3.63) is 101 Å². The summed E-state index contributed by atoms with van der Waals surface area (Å²) in [6.07, 6.45) is 9.31. The predicted molar refractivity (Wildman–Crippen MR) is 182 cm³/mol. The van der Waals surface area contributed by atoms with Gasteiger partial charge in [-0.3, -0.25) is 4.79 Å². The molecular formula is C40H53NO4. The van der Waals surface area contributed by atoms with Crippen molar-refractivity contribution < 1.29 is 19.1 Å². The number of methoxy groups -OCH3 is 2. The van der Waals surface area contributed by atoms with Gasteiger partial charge in [-0.15, -0.1) is 0 Å². The van der Waals surface area contributed by atoms with Crippen LogP contribution in [0.5, 0.6) is 5.75 Å². The molecule has 45 heavy (non-hydrogen) atoms. The van der Waals surface area contributed by atoms with Crippen molar-refractivity contribution in [2.45, 2.75) is 90.5 Å². The minimum atomic E-state index is -0.324. The fourth-order valence-corrected chi connectivity index (χ4v) is 7.63. The molecule has 3 aromatic rings. The van der Waals surface area contributed by atoms with Gasteiger partial charge < -0.3 is 14.4 Å². The molecule has 5 nitrogen and oxygen atoms in total. The number of benzene rings is 3. The van der Waals surface area contributed by atoms with E-state index in [1.54, 1.807) is 7.11 Å². The van der Waals surface area contributed by atoms with Crippen LogP contribution in [0.4, 0.5) is 0 Å². The van der Waals surface area contributed by atoms with Crippen LogP contribution in [0.2, 0.25) is 0 Å². The van der Waals surface area contributed by atoms with Gasteiger partial charge in [-0.2, -0.15) is 0 Å². The molecule has 4 atom stereocenters. The molecular weight excluding hydrogens is 558 g/mol. The average Bonchev–Trinajstić information content (AvgIpc) is 3.08.